The standard InChI is InChI=1S/C6H11F3O.C4H10/c1-2-5(4-10)3-6(7,8)9;1-3-4-2/h5,10H,2-4H2,1H3;3-4H2,1-2H3. The van der Waals surface area contributed by atoms with Gasteiger partial charge in [0.05, 0.1) is 0 Å². The molecule has 0 radical (unpaired) electrons. The second-order valence-corrected chi connectivity index (χ2v) is 3.28. The lowest BCUT2D eigenvalue weighted by molar-refractivity contribution is -0.147. The van der Waals surface area contributed by atoms with Crippen LogP contribution in [0, 0.1) is 5.92 Å². The van der Waals surface area contributed by atoms with E-state index in [1.165, 1.54) is 12.8 Å². The highest BCUT2D eigenvalue weighted by Gasteiger charge is 2.30. The SMILES string of the molecule is CCC(CO)CC(F)(F)F.CCCC. The van der Waals surface area contributed by atoms with E-state index < -0.39 is 18.5 Å². The number of aliphatic hydroxyl groups is 1. The number of hydrogen-bond acceptors (Lipinski definition) is 1. The Bertz CT molecular complexity index is 106. The zero-order valence-electron chi connectivity index (χ0n) is 9.19. The van der Waals surface area contributed by atoms with E-state index in [-0.39, 0.29) is 6.61 Å². The maximum absolute atomic E-state index is 11.6. The third kappa shape index (κ3) is 14.3. The molecule has 0 aromatic heterocycles. The minimum absolute atomic E-state index is 0.371. The summed E-state index contributed by atoms with van der Waals surface area (Å²) in [6.07, 6.45) is -2.00. The van der Waals surface area contributed by atoms with Gasteiger partial charge in [-0.1, -0.05) is 40.0 Å². The van der Waals surface area contributed by atoms with Crippen molar-refractivity contribution in [1.82, 2.24) is 0 Å². The van der Waals surface area contributed by atoms with Crippen molar-refractivity contribution in [1.29, 1.82) is 0 Å². The van der Waals surface area contributed by atoms with Gasteiger partial charge in [0.1, 0.15) is 0 Å². The van der Waals surface area contributed by atoms with Crippen LogP contribution in [0.1, 0.15) is 46.5 Å². The van der Waals surface area contributed by atoms with E-state index in [1.807, 2.05) is 0 Å². The molecule has 0 aliphatic rings. The molecule has 1 unspecified atom stereocenters. The molecule has 0 aliphatic carbocycles. The van der Waals surface area contributed by atoms with E-state index in [4.69, 9.17) is 5.11 Å². The summed E-state index contributed by atoms with van der Waals surface area (Å²) in [4.78, 5) is 0. The highest BCUT2D eigenvalue weighted by atomic mass is 19.4. The minimum atomic E-state index is -4.14. The molecule has 4 heteroatoms. The van der Waals surface area contributed by atoms with Gasteiger partial charge in [-0.15, -0.1) is 0 Å². The molecule has 0 amide bonds. The van der Waals surface area contributed by atoms with Crippen LogP contribution < -0.4 is 0 Å². The monoisotopic (exact) mass is 214 g/mol. The minimum Gasteiger partial charge on any atom is -0.396 e. The van der Waals surface area contributed by atoms with Crippen LogP contribution in [0.25, 0.3) is 0 Å². The first kappa shape index (κ1) is 16.2. The van der Waals surface area contributed by atoms with E-state index in [9.17, 15) is 13.2 Å². The average molecular weight is 214 g/mol. The third-order valence-corrected chi connectivity index (χ3v) is 1.86. The number of aliphatic hydroxyl groups excluding tert-OH is 1. The Hall–Kier alpha value is -0.250. The summed E-state index contributed by atoms with van der Waals surface area (Å²) in [7, 11) is 0. The van der Waals surface area contributed by atoms with Gasteiger partial charge in [-0.2, -0.15) is 13.2 Å². The van der Waals surface area contributed by atoms with E-state index in [1.54, 1.807) is 6.92 Å². The molecular formula is C10H21F3O. The van der Waals surface area contributed by atoms with Crippen molar-refractivity contribution in [2.45, 2.75) is 52.6 Å². The molecule has 0 saturated heterocycles. The van der Waals surface area contributed by atoms with Gasteiger partial charge in [0.2, 0.25) is 0 Å². The zero-order valence-corrected chi connectivity index (χ0v) is 9.19. The van der Waals surface area contributed by atoms with E-state index in [0.29, 0.717) is 6.42 Å². The van der Waals surface area contributed by atoms with Crippen LogP contribution in [0.4, 0.5) is 13.2 Å². The smallest absolute Gasteiger partial charge is 0.389 e. The molecule has 0 heterocycles. The molecule has 0 aliphatic heterocycles. The number of rotatable bonds is 4. The molecule has 0 saturated carbocycles. The number of halogens is 3. The second-order valence-electron chi connectivity index (χ2n) is 3.28. The molecule has 0 bridgehead atoms. The average Bonchev–Trinajstić information content (AvgIpc) is 2.13. The molecule has 1 atom stereocenters. The Labute approximate surface area is 84.3 Å². The van der Waals surface area contributed by atoms with Gasteiger partial charge in [-0.3, -0.25) is 0 Å². The maximum Gasteiger partial charge on any atom is 0.389 e. The van der Waals surface area contributed by atoms with Crippen LogP contribution in [0.15, 0.2) is 0 Å². The summed E-state index contributed by atoms with van der Waals surface area (Å²) in [6, 6.07) is 0. The van der Waals surface area contributed by atoms with Crippen LogP contribution in [0.2, 0.25) is 0 Å². The van der Waals surface area contributed by atoms with Crippen molar-refractivity contribution in [3.63, 3.8) is 0 Å². The van der Waals surface area contributed by atoms with E-state index in [2.05, 4.69) is 13.8 Å². The van der Waals surface area contributed by atoms with Crippen molar-refractivity contribution in [3.05, 3.63) is 0 Å². The molecule has 88 valence electrons. The van der Waals surface area contributed by atoms with Crippen molar-refractivity contribution < 1.29 is 18.3 Å². The lowest BCUT2D eigenvalue weighted by atomic mass is 10.0. The Kier molecular flexibility index (Phi) is 10.8. The molecule has 14 heavy (non-hydrogen) atoms. The number of hydrogen-bond donors (Lipinski definition) is 1. The topological polar surface area (TPSA) is 20.2 Å². The number of alkyl halides is 3. The Morgan fingerprint density at radius 1 is 1.07 bits per heavy atom. The highest BCUT2D eigenvalue weighted by molar-refractivity contribution is 4.60. The maximum atomic E-state index is 11.6. The second kappa shape index (κ2) is 9.31. The van der Waals surface area contributed by atoms with Crippen molar-refractivity contribution >= 4 is 0 Å². The normalized spacial score (nSPS) is 13.1. The summed E-state index contributed by atoms with van der Waals surface area (Å²) in [5, 5.41) is 8.39. The number of unbranched alkanes of at least 4 members (excludes halogenated alkanes) is 1. The van der Waals surface area contributed by atoms with E-state index in [0.717, 1.165) is 0 Å². The van der Waals surface area contributed by atoms with Crippen molar-refractivity contribution in [3.8, 4) is 0 Å². The summed E-state index contributed by atoms with van der Waals surface area (Å²) >= 11 is 0. The van der Waals surface area contributed by atoms with E-state index >= 15 is 0 Å². The molecule has 0 rings (SSSR count). The Balaban J connectivity index is 0. The molecule has 0 fully saturated rings. The quantitative estimate of drug-likeness (QED) is 0.755. The Morgan fingerprint density at radius 2 is 1.50 bits per heavy atom. The Morgan fingerprint density at radius 3 is 1.57 bits per heavy atom. The van der Waals surface area contributed by atoms with Crippen molar-refractivity contribution in [2.24, 2.45) is 5.92 Å². The lowest BCUT2D eigenvalue weighted by Gasteiger charge is -2.13. The van der Waals surface area contributed by atoms with Gasteiger partial charge in [0.25, 0.3) is 0 Å². The van der Waals surface area contributed by atoms with Crippen molar-refractivity contribution in [2.75, 3.05) is 6.61 Å². The summed E-state index contributed by atoms with van der Waals surface area (Å²) in [5.41, 5.74) is 0. The predicted molar refractivity (Wildman–Crippen MR) is 52.1 cm³/mol. The molecule has 0 aromatic rings. The van der Waals surface area contributed by atoms with Gasteiger partial charge in [0.15, 0.2) is 0 Å². The largest absolute Gasteiger partial charge is 0.396 e. The molecule has 0 aromatic carbocycles. The van der Waals surface area contributed by atoms with Gasteiger partial charge in [-0.05, 0) is 5.92 Å². The predicted octanol–water partition coefficient (Wildman–Crippen LogP) is 3.76. The summed E-state index contributed by atoms with van der Waals surface area (Å²) < 4.78 is 34.7. The summed E-state index contributed by atoms with van der Waals surface area (Å²) in [5.74, 6) is -0.625. The highest BCUT2D eigenvalue weighted by Crippen LogP contribution is 2.25. The first-order chi connectivity index (χ1) is 6.41. The fourth-order valence-corrected chi connectivity index (χ4v) is 0.665. The van der Waals surface area contributed by atoms with Crippen LogP contribution in [-0.2, 0) is 0 Å². The van der Waals surface area contributed by atoms with Gasteiger partial charge < -0.3 is 5.11 Å². The van der Waals surface area contributed by atoms with Crippen LogP contribution in [-0.4, -0.2) is 17.9 Å². The lowest BCUT2D eigenvalue weighted by Crippen LogP contribution is -2.17. The first-order valence-corrected chi connectivity index (χ1v) is 5.08. The molecule has 1 nitrogen and oxygen atoms in total. The summed E-state index contributed by atoms with van der Waals surface area (Å²) in [6.45, 7) is 5.61. The molecule has 1 N–H and O–H groups in total. The fourth-order valence-electron chi connectivity index (χ4n) is 0.665. The fraction of sp³-hybridized carbons (Fsp3) is 1.00. The zero-order chi connectivity index (χ0) is 11.6. The van der Waals surface area contributed by atoms with Gasteiger partial charge in [0, 0.05) is 13.0 Å². The van der Waals surface area contributed by atoms with Gasteiger partial charge >= 0.3 is 6.18 Å². The molecule has 0 spiro atoms. The van der Waals surface area contributed by atoms with Gasteiger partial charge in [-0.25, -0.2) is 0 Å². The first-order valence-electron chi connectivity index (χ1n) is 5.08. The van der Waals surface area contributed by atoms with Crippen LogP contribution >= 0.6 is 0 Å². The molecular weight excluding hydrogens is 193 g/mol. The van der Waals surface area contributed by atoms with Crippen LogP contribution in [0.5, 0.6) is 0 Å². The third-order valence-electron chi connectivity index (χ3n) is 1.86. The van der Waals surface area contributed by atoms with Crippen LogP contribution in [0.3, 0.4) is 0 Å².